The summed E-state index contributed by atoms with van der Waals surface area (Å²) < 4.78 is 5.92. The molecule has 6 nitrogen and oxygen atoms in total. The molecule has 0 spiro atoms. The van der Waals surface area contributed by atoms with Crippen molar-refractivity contribution in [1.29, 1.82) is 0 Å². The lowest BCUT2D eigenvalue weighted by molar-refractivity contribution is -0.0284. The van der Waals surface area contributed by atoms with E-state index < -0.39 is 0 Å². The first-order valence-corrected chi connectivity index (χ1v) is 10.5. The highest BCUT2D eigenvalue weighted by Crippen LogP contribution is 2.08. The summed E-state index contributed by atoms with van der Waals surface area (Å²) in [5, 5.41) is 6.87. The third-order valence-corrected chi connectivity index (χ3v) is 5.16. The standard InChI is InChI=1S/C22H39N5O.HI/c1-18(2)15-27-11-12-28-21(17-27)14-25-22(23-4)24-13-19(3)26(5)16-20-9-7-6-8-10-20;/h6-10,18-19,21H,11-17H2,1-5H3,(H2,23,24,25);1H. The number of nitrogens with one attached hydrogen (secondary N) is 2. The lowest BCUT2D eigenvalue weighted by Gasteiger charge is -2.34. The van der Waals surface area contributed by atoms with Crippen molar-refractivity contribution in [3.63, 3.8) is 0 Å². The van der Waals surface area contributed by atoms with Crippen LogP contribution in [0.1, 0.15) is 26.3 Å². The second-order valence-corrected chi connectivity index (χ2v) is 8.23. The van der Waals surface area contributed by atoms with Gasteiger partial charge in [0.05, 0.1) is 12.7 Å². The maximum Gasteiger partial charge on any atom is 0.191 e. The monoisotopic (exact) mass is 517 g/mol. The molecule has 2 rings (SSSR count). The van der Waals surface area contributed by atoms with Gasteiger partial charge >= 0.3 is 0 Å². The predicted molar refractivity (Wildman–Crippen MR) is 133 cm³/mol. The van der Waals surface area contributed by atoms with E-state index in [1.807, 2.05) is 7.05 Å². The number of morpholine rings is 1. The van der Waals surface area contributed by atoms with Gasteiger partial charge in [0.1, 0.15) is 0 Å². The van der Waals surface area contributed by atoms with E-state index in [1.165, 1.54) is 5.56 Å². The molecular formula is C22H40IN5O. The SMILES string of the molecule is CN=C(NCC1CN(CC(C)C)CCO1)NCC(C)N(C)Cc1ccccc1.I. The van der Waals surface area contributed by atoms with Gasteiger partial charge in [-0.1, -0.05) is 44.2 Å². The van der Waals surface area contributed by atoms with Crippen molar-refractivity contribution in [3.8, 4) is 0 Å². The second-order valence-electron chi connectivity index (χ2n) is 8.23. The van der Waals surface area contributed by atoms with E-state index in [1.54, 1.807) is 0 Å². The van der Waals surface area contributed by atoms with E-state index in [2.05, 4.69) is 83.6 Å². The number of hydrogen-bond acceptors (Lipinski definition) is 4. The molecule has 0 amide bonds. The van der Waals surface area contributed by atoms with Crippen LogP contribution in [0, 0.1) is 5.92 Å². The van der Waals surface area contributed by atoms with Crippen molar-refractivity contribution in [3.05, 3.63) is 35.9 Å². The first kappa shape index (κ1) is 26.1. The summed E-state index contributed by atoms with van der Waals surface area (Å²) in [7, 11) is 3.98. The van der Waals surface area contributed by atoms with E-state index >= 15 is 0 Å². The number of aliphatic imine (C=N–C) groups is 1. The van der Waals surface area contributed by atoms with Gasteiger partial charge in [0.2, 0.25) is 0 Å². The summed E-state index contributed by atoms with van der Waals surface area (Å²) in [5.41, 5.74) is 1.33. The topological polar surface area (TPSA) is 52.1 Å². The van der Waals surface area contributed by atoms with Crippen LogP contribution in [0.15, 0.2) is 35.3 Å². The Hall–Kier alpha value is -0.900. The Morgan fingerprint density at radius 3 is 2.62 bits per heavy atom. The quantitative estimate of drug-likeness (QED) is 0.300. The van der Waals surface area contributed by atoms with E-state index in [-0.39, 0.29) is 30.1 Å². The number of halogens is 1. The Kier molecular flexibility index (Phi) is 12.8. The molecule has 1 heterocycles. The van der Waals surface area contributed by atoms with Crippen LogP contribution in [0.4, 0.5) is 0 Å². The van der Waals surface area contributed by atoms with Crippen molar-refractivity contribution in [1.82, 2.24) is 20.4 Å². The van der Waals surface area contributed by atoms with Crippen LogP contribution in [0.25, 0.3) is 0 Å². The zero-order valence-electron chi connectivity index (χ0n) is 18.7. The minimum Gasteiger partial charge on any atom is -0.374 e. The molecule has 166 valence electrons. The van der Waals surface area contributed by atoms with Crippen molar-refractivity contribution in [2.45, 2.75) is 39.5 Å². The molecule has 0 radical (unpaired) electrons. The molecule has 1 aliphatic rings. The molecule has 1 aromatic rings. The summed E-state index contributed by atoms with van der Waals surface area (Å²) in [6.45, 7) is 13.3. The van der Waals surface area contributed by atoms with Crippen LogP contribution in [0.2, 0.25) is 0 Å². The van der Waals surface area contributed by atoms with Crippen LogP contribution in [0.5, 0.6) is 0 Å². The number of rotatable bonds is 9. The summed E-state index contributed by atoms with van der Waals surface area (Å²) >= 11 is 0. The Morgan fingerprint density at radius 2 is 1.97 bits per heavy atom. The third-order valence-electron chi connectivity index (χ3n) is 5.16. The predicted octanol–water partition coefficient (Wildman–Crippen LogP) is 2.65. The smallest absolute Gasteiger partial charge is 0.191 e. The fraction of sp³-hybridized carbons (Fsp3) is 0.682. The minimum atomic E-state index is 0. The van der Waals surface area contributed by atoms with Crippen molar-refractivity contribution >= 4 is 29.9 Å². The average Bonchev–Trinajstić information content (AvgIpc) is 2.68. The molecular weight excluding hydrogens is 477 g/mol. The van der Waals surface area contributed by atoms with Gasteiger partial charge in [0.25, 0.3) is 0 Å². The molecule has 1 fully saturated rings. The van der Waals surface area contributed by atoms with E-state index in [0.717, 1.165) is 51.8 Å². The maximum atomic E-state index is 5.92. The van der Waals surface area contributed by atoms with Gasteiger partial charge in [-0.2, -0.15) is 0 Å². The normalized spacial score (nSPS) is 19.1. The van der Waals surface area contributed by atoms with Crippen molar-refractivity contribution in [2.75, 3.05) is 53.4 Å². The van der Waals surface area contributed by atoms with Gasteiger partial charge in [0.15, 0.2) is 5.96 Å². The van der Waals surface area contributed by atoms with Crippen LogP contribution in [-0.4, -0.2) is 81.3 Å². The lowest BCUT2D eigenvalue weighted by atomic mass is 10.2. The first-order valence-electron chi connectivity index (χ1n) is 10.5. The Labute approximate surface area is 194 Å². The molecule has 1 aromatic carbocycles. The molecule has 0 aliphatic carbocycles. The van der Waals surface area contributed by atoms with E-state index in [0.29, 0.717) is 12.0 Å². The van der Waals surface area contributed by atoms with E-state index in [4.69, 9.17) is 4.74 Å². The molecule has 0 aromatic heterocycles. The molecule has 29 heavy (non-hydrogen) atoms. The Morgan fingerprint density at radius 1 is 1.24 bits per heavy atom. The number of ether oxygens (including phenoxy) is 1. The summed E-state index contributed by atoms with van der Waals surface area (Å²) in [5.74, 6) is 1.53. The largest absolute Gasteiger partial charge is 0.374 e. The summed E-state index contributed by atoms with van der Waals surface area (Å²) in [6, 6.07) is 11.0. The number of likely N-dealkylation sites (N-methyl/N-ethyl adjacent to an activating group) is 1. The highest BCUT2D eigenvalue weighted by molar-refractivity contribution is 14.0. The van der Waals surface area contributed by atoms with Crippen LogP contribution in [0.3, 0.4) is 0 Å². The fourth-order valence-corrected chi connectivity index (χ4v) is 3.44. The fourth-order valence-electron chi connectivity index (χ4n) is 3.44. The molecule has 1 saturated heterocycles. The minimum absolute atomic E-state index is 0. The number of benzene rings is 1. The molecule has 0 saturated carbocycles. The molecule has 1 aliphatic heterocycles. The summed E-state index contributed by atoms with van der Waals surface area (Å²) in [4.78, 5) is 9.21. The maximum absolute atomic E-state index is 5.92. The van der Waals surface area contributed by atoms with Crippen LogP contribution >= 0.6 is 24.0 Å². The molecule has 2 unspecified atom stereocenters. The van der Waals surface area contributed by atoms with Gasteiger partial charge in [-0.05, 0) is 25.5 Å². The number of nitrogens with zero attached hydrogens (tertiary/aromatic N) is 3. The first-order chi connectivity index (χ1) is 13.5. The number of guanidine groups is 1. The highest BCUT2D eigenvalue weighted by atomic mass is 127. The van der Waals surface area contributed by atoms with Crippen molar-refractivity contribution < 1.29 is 4.74 Å². The summed E-state index contributed by atoms with van der Waals surface area (Å²) in [6.07, 6.45) is 0.212. The second kappa shape index (κ2) is 14.2. The third kappa shape index (κ3) is 10.1. The van der Waals surface area contributed by atoms with Crippen LogP contribution < -0.4 is 10.6 Å². The van der Waals surface area contributed by atoms with Gasteiger partial charge in [0, 0.05) is 52.4 Å². The van der Waals surface area contributed by atoms with Crippen LogP contribution in [-0.2, 0) is 11.3 Å². The average molecular weight is 518 g/mol. The highest BCUT2D eigenvalue weighted by Gasteiger charge is 2.21. The van der Waals surface area contributed by atoms with E-state index in [9.17, 15) is 0 Å². The number of hydrogen-bond donors (Lipinski definition) is 2. The van der Waals surface area contributed by atoms with Gasteiger partial charge in [-0.3, -0.25) is 14.8 Å². The van der Waals surface area contributed by atoms with Gasteiger partial charge in [-0.25, -0.2) is 0 Å². The zero-order chi connectivity index (χ0) is 20.4. The van der Waals surface area contributed by atoms with Crippen molar-refractivity contribution in [2.24, 2.45) is 10.9 Å². The molecule has 7 heteroatoms. The lowest BCUT2D eigenvalue weighted by Crippen LogP contribution is -2.51. The molecule has 0 bridgehead atoms. The molecule has 2 atom stereocenters. The van der Waals surface area contributed by atoms with Gasteiger partial charge in [-0.15, -0.1) is 24.0 Å². The molecule has 2 N–H and O–H groups in total. The van der Waals surface area contributed by atoms with Gasteiger partial charge < -0.3 is 15.4 Å². The zero-order valence-corrected chi connectivity index (χ0v) is 21.1. The Balaban J connectivity index is 0.00000420. The Bertz CT molecular complexity index is 584.